The Morgan fingerprint density at radius 1 is 1.25 bits per heavy atom. The predicted molar refractivity (Wildman–Crippen MR) is 44.3 cm³/mol. The largest absolute Gasteiger partial charge is 0.456 e. The van der Waals surface area contributed by atoms with Crippen LogP contribution in [0.2, 0.25) is 0 Å². The lowest BCUT2D eigenvalue weighted by molar-refractivity contribution is -0.136. The first-order valence-corrected chi connectivity index (χ1v) is 3.92. The maximum Gasteiger partial charge on any atom is 0.384 e. The van der Waals surface area contributed by atoms with Crippen LogP contribution in [0.5, 0.6) is 0 Å². The van der Waals surface area contributed by atoms with E-state index in [0.29, 0.717) is 6.42 Å². The van der Waals surface area contributed by atoms with Gasteiger partial charge in [0.2, 0.25) is 5.78 Å². The van der Waals surface area contributed by atoms with Crippen molar-refractivity contribution >= 4 is 11.8 Å². The van der Waals surface area contributed by atoms with Gasteiger partial charge in [-0.05, 0) is 19.3 Å². The van der Waals surface area contributed by atoms with Crippen molar-refractivity contribution in [3.05, 3.63) is 0 Å². The van der Waals surface area contributed by atoms with E-state index < -0.39 is 5.97 Å². The summed E-state index contributed by atoms with van der Waals surface area (Å²) >= 11 is 0. The first kappa shape index (κ1) is 10.7. The van der Waals surface area contributed by atoms with Crippen LogP contribution in [-0.2, 0) is 14.3 Å². The Morgan fingerprint density at radius 3 is 2.42 bits per heavy atom. The molecule has 0 heterocycles. The lowest BCUT2D eigenvalue weighted by Gasteiger charge is -1.90. The summed E-state index contributed by atoms with van der Waals surface area (Å²) in [5.41, 5.74) is 0. The first-order valence-electron chi connectivity index (χ1n) is 3.92. The molecule has 0 fully saturated rings. The molecule has 3 nitrogen and oxygen atoms in total. The standard InChI is InChI=1S/C9H12O3/c1-3-5-8(10)6-7-9(11)12-4-2/h3-5H2,1-2H3. The van der Waals surface area contributed by atoms with Gasteiger partial charge in [0.25, 0.3) is 0 Å². The van der Waals surface area contributed by atoms with Crippen LogP contribution in [-0.4, -0.2) is 18.4 Å². The van der Waals surface area contributed by atoms with Crippen molar-refractivity contribution in [2.75, 3.05) is 6.61 Å². The number of esters is 1. The zero-order valence-electron chi connectivity index (χ0n) is 7.35. The fourth-order valence-electron chi connectivity index (χ4n) is 0.577. The molecular weight excluding hydrogens is 156 g/mol. The summed E-state index contributed by atoms with van der Waals surface area (Å²) in [6.07, 6.45) is 1.14. The van der Waals surface area contributed by atoms with E-state index in [-0.39, 0.29) is 12.4 Å². The lowest BCUT2D eigenvalue weighted by Crippen LogP contribution is -2.01. The van der Waals surface area contributed by atoms with E-state index in [4.69, 9.17) is 0 Å². The molecule has 66 valence electrons. The third-order valence-corrected chi connectivity index (χ3v) is 1.06. The van der Waals surface area contributed by atoms with Gasteiger partial charge >= 0.3 is 5.97 Å². The van der Waals surface area contributed by atoms with Gasteiger partial charge in [0, 0.05) is 12.3 Å². The third-order valence-electron chi connectivity index (χ3n) is 1.06. The van der Waals surface area contributed by atoms with Crippen molar-refractivity contribution in [2.24, 2.45) is 0 Å². The van der Waals surface area contributed by atoms with Crippen LogP contribution in [0, 0.1) is 11.8 Å². The summed E-state index contributed by atoms with van der Waals surface area (Å²) in [6.45, 7) is 3.85. The molecule has 0 aliphatic carbocycles. The molecule has 0 aliphatic rings. The number of carbonyl (C=O) groups excluding carboxylic acids is 2. The monoisotopic (exact) mass is 168 g/mol. The molecule has 0 bridgehead atoms. The molecule has 0 aromatic carbocycles. The fourth-order valence-corrected chi connectivity index (χ4v) is 0.577. The Bertz CT molecular complexity index is 198. The number of ether oxygens (including phenoxy) is 1. The minimum atomic E-state index is -0.637. The van der Waals surface area contributed by atoms with Crippen molar-refractivity contribution < 1.29 is 14.3 Å². The molecule has 12 heavy (non-hydrogen) atoms. The Kier molecular flexibility index (Phi) is 5.72. The zero-order valence-corrected chi connectivity index (χ0v) is 7.35. The summed E-state index contributed by atoms with van der Waals surface area (Å²) < 4.78 is 4.51. The highest BCUT2D eigenvalue weighted by Crippen LogP contribution is 1.86. The van der Waals surface area contributed by atoms with Crippen LogP contribution in [0.3, 0.4) is 0 Å². The molecule has 0 rings (SSSR count). The average molecular weight is 168 g/mol. The van der Waals surface area contributed by atoms with Gasteiger partial charge in [0.15, 0.2) is 0 Å². The highest BCUT2D eigenvalue weighted by molar-refractivity contribution is 6.01. The van der Waals surface area contributed by atoms with Crippen LogP contribution in [0.15, 0.2) is 0 Å². The molecule has 0 aliphatic heterocycles. The van der Waals surface area contributed by atoms with E-state index in [1.165, 1.54) is 0 Å². The molecule has 0 unspecified atom stereocenters. The van der Waals surface area contributed by atoms with Crippen molar-refractivity contribution in [3.8, 4) is 11.8 Å². The minimum absolute atomic E-state index is 0.217. The highest BCUT2D eigenvalue weighted by Gasteiger charge is 1.96. The maximum atomic E-state index is 10.8. The van der Waals surface area contributed by atoms with E-state index in [2.05, 4.69) is 16.6 Å². The lowest BCUT2D eigenvalue weighted by atomic mass is 10.2. The average Bonchev–Trinajstić information content (AvgIpc) is 2.02. The van der Waals surface area contributed by atoms with Crippen LogP contribution in [0.25, 0.3) is 0 Å². The van der Waals surface area contributed by atoms with Crippen LogP contribution < -0.4 is 0 Å². The molecule has 0 spiro atoms. The van der Waals surface area contributed by atoms with Gasteiger partial charge in [0.05, 0.1) is 6.61 Å². The van der Waals surface area contributed by atoms with Gasteiger partial charge in [-0.15, -0.1) is 0 Å². The molecule has 3 heteroatoms. The first-order chi connectivity index (χ1) is 5.70. The second-order valence-electron chi connectivity index (χ2n) is 2.14. The zero-order chi connectivity index (χ0) is 9.40. The molecular formula is C9H12O3. The summed E-state index contributed by atoms with van der Waals surface area (Å²) in [4.78, 5) is 21.4. The van der Waals surface area contributed by atoms with Crippen LogP contribution in [0.1, 0.15) is 26.7 Å². The normalized spacial score (nSPS) is 8.17. The summed E-state index contributed by atoms with van der Waals surface area (Å²) in [6, 6.07) is 0. The van der Waals surface area contributed by atoms with E-state index >= 15 is 0 Å². The van der Waals surface area contributed by atoms with E-state index in [1.54, 1.807) is 6.92 Å². The van der Waals surface area contributed by atoms with Gasteiger partial charge in [-0.1, -0.05) is 6.92 Å². The smallest absolute Gasteiger partial charge is 0.384 e. The minimum Gasteiger partial charge on any atom is -0.456 e. The van der Waals surface area contributed by atoms with Crippen LogP contribution >= 0.6 is 0 Å². The number of hydrogen-bond acceptors (Lipinski definition) is 3. The summed E-state index contributed by atoms with van der Waals surface area (Å²) in [5, 5.41) is 0. The topological polar surface area (TPSA) is 43.4 Å². The maximum absolute atomic E-state index is 10.8. The van der Waals surface area contributed by atoms with Crippen molar-refractivity contribution in [1.82, 2.24) is 0 Å². The van der Waals surface area contributed by atoms with E-state index in [0.717, 1.165) is 6.42 Å². The molecule has 0 atom stereocenters. The van der Waals surface area contributed by atoms with Gasteiger partial charge in [0.1, 0.15) is 0 Å². The molecule has 0 saturated heterocycles. The highest BCUT2D eigenvalue weighted by atomic mass is 16.5. The molecule has 0 aromatic rings. The van der Waals surface area contributed by atoms with Gasteiger partial charge in [-0.2, -0.15) is 0 Å². The Morgan fingerprint density at radius 2 is 1.92 bits per heavy atom. The molecule has 0 amide bonds. The number of Topliss-reactive ketones (excluding diaryl/α,β-unsaturated/α-hetero) is 1. The van der Waals surface area contributed by atoms with Crippen molar-refractivity contribution in [1.29, 1.82) is 0 Å². The SMILES string of the molecule is CCCC(=O)C#CC(=O)OCC. The molecule has 0 aromatic heterocycles. The third kappa shape index (κ3) is 5.48. The second-order valence-corrected chi connectivity index (χ2v) is 2.14. The number of carbonyl (C=O) groups is 2. The quantitative estimate of drug-likeness (QED) is 0.272. The number of ketones is 1. The van der Waals surface area contributed by atoms with E-state index in [1.807, 2.05) is 6.92 Å². The molecule has 0 N–H and O–H groups in total. The van der Waals surface area contributed by atoms with Crippen LogP contribution in [0.4, 0.5) is 0 Å². The second kappa shape index (κ2) is 6.41. The Hall–Kier alpha value is -1.30. The number of rotatable bonds is 3. The van der Waals surface area contributed by atoms with Gasteiger partial charge < -0.3 is 4.74 Å². The van der Waals surface area contributed by atoms with Crippen molar-refractivity contribution in [3.63, 3.8) is 0 Å². The predicted octanol–water partition coefficient (Wildman–Crippen LogP) is 0.922. The molecule has 0 saturated carbocycles. The van der Waals surface area contributed by atoms with Gasteiger partial charge in [-0.25, -0.2) is 4.79 Å². The Labute approximate surface area is 72.1 Å². The Balaban J connectivity index is 3.85. The molecule has 0 radical (unpaired) electrons. The van der Waals surface area contributed by atoms with E-state index in [9.17, 15) is 9.59 Å². The van der Waals surface area contributed by atoms with Gasteiger partial charge in [-0.3, -0.25) is 4.79 Å². The summed E-state index contributed by atoms with van der Waals surface area (Å²) in [5.74, 6) is 3.46. The van der Waals surface area contributed by atoms with Crippen molar-refractivity contribution in [2.45, 2.75) is 26.7 Å². The number of hydrogen-bond donors (Lipinski definition) is 0. The fraction of sp³-hybridized carbons (Fsp3) is 0.556. The summed E-state index contributed by atoms with van der Waals surface area (Å²) in [7, 11) is 0.